The maximum absolute atomic E-state index is 5.57. The van der Waals surface area contributed by atoms with Crippen LogP contribution in [0.25, 0.3) is 0 Å². The van der Waals surface area contributed by atoms with E-state index in [0.717, 1.165) is 35.6 Å². The van der Waals surface area contributed by atoms with Gasteiger partial charge in [0.2, 0.25) is 0 Å². The number of aromatic nitrogens is 1. The number of methoxy groups -OCH3 is 1. The van der Waals surface area contributed by atoms with Gasteiger partial charge in [-0.25, -0.2) is 0 Å². The molecule has 1 saturated heterocycles. The predicted octanol–water partition coefficient (Wildman–Crippen LogP) is 3.07. The van der Waals surface area contributed by atoms with Gasteiger partial charge in [0.25, 0.3) is 0 Å². The van der Waals surface area contributed by atoms with Crippen molar-refractivity contribution in [2.75, 3.05) is 46.9 Å². The number of hydrogen-bond acceptors (Lipinski definition) is 5. The number of hydrogen-bond donors (Lipinski definition) is 0. The van der Waals surface area contributed by atoms with E-state index in [1.165, 1.54) is 50.3 Å². The van der Waals surface area contributed by atoms with Gasteiger partial charge in [-0.15, -0.1) is 0 Å². The number of aryl methyl sites for hydroxylation is 3. The minimum atomic E-state index is 0.802. The standard InChI is InChI=1S/C21H31N3O2/c1-16-20(17(2)26-22-16)15-19-14-18(7-8-21(19)25-4)6-5-9-24-12-10-23(3)11-13-24/h7-8,14H,5-6,9-13,15H2,1-4H3. The maximum atomic E-state index is 5.57. The molecule has 1 fully saturated rings. The number of benzene rings is 1. The van der Waals surface area contributed by atoms with Crippen LogP contribution in [-0.2, 0) is 12.8 Å². The zero-order chi connectivity index (χ0) is 18.5. The molecular weight excluding hydrogens is 326 g/mol. The summed E-state index contributed by atoms with van der Waals surface area (Å²) in [4.78, 5) is 4.98. The molecule has 5 heteroatoms. The lowest BCUT2D eigenvalue weighted by Gasteiger charge is -2.32. The van der Waals surface area contributed by atoms with Gasteiger partial charge < -0.3 is 19.1 Å². The van der Waals surface area contributed by atoms with Crippen molar-refractivity contribution in [1.82, 2.24) is 15.0 Å². The van der Waals surface area contributed by atoms with Crippen LogP contribution in [0.15, 0.2) is 22.7 Å². The first kappa shape index (κ1) is 18.9. The molecule has 0 N–H and O–H groups in total. The molecule has 0 radical (unpaired) electrons. The fraction of sp³-hybridized carbons (Fsp3) is 0.571. The van der Waals surface area contributed by atoms with Gasteiger partial charge in [-0.3, -0.25) is 0 Å². The van der Waals surface area contributed by atoms with E-state index in [0.29, 0.717) is 0 Å². The van der Waals surface area contributed by atoms with Crippen molar-refractivity contribution in [2.24, 2.45) is 0 Å². The second kappa shape index (κ2) is 8.69. The van der Waals surface area contributed by atoms with Crippen molar-refractivity contribution in [3.63, 3.8) is 0 Å². The van der Waals surface area contributed by atoms with Gasteiger partial charge in [0.1, 0.15) is 11.5 Å². The summed E-state index contributed by atoms with van der Waals surface area (Å²) in [6.45, 7) is 9.90. The Labute approximate surface area is 156 Å². The van der Waals surface area contributed by atoms with Gasteiger partial charge in [-0.1, -0.05) is 17.3 Å². The van der Waals surface area contributed by atoms with Crippen molar-refractivity contribution in [2.45, 2.75) is 33.1 Å². The van der Waals surface area contributed by atoms with E-state index in [-0.39, 0.29) is 0 Å². The molecule has 0 bridgehead atoms. The number of nitrogens with zero attached hydrogens (tertiary/aromatic N) is 3. The van der Waals surface area contributed by atoms with Crippen LogP contribution in [0.1, 0.15) is 34.6 Å². The zero-order valence-electron chi connectivity index (χ0n) is 16.5. The molecule has 1 aliphatic rings. The highest BCUT2D eigenvalue weighted by molar-refractivity contribution is 5.41. The monoisotopic (exact) mass is 357 g/mol. The molecule has 1 aliphatic heterocycles. The first-order valence-electron chi connectivity index (χ1n) is 9.55. The Kier molecular flexibility index (Phi) is 6.33. The minimum absolute atomic E-state index is 0.802. The third-order valence-electron chi connectivity index (χ3n) is 5.43. The highest BCUT2D eigenvalue weighted by atomic mass is 16.5. The molecule has 5 nitrogen and oxygen atoms in total. The number of ether oxygens (including phenoxy) is 1. The Morgan fingerprint density at radius 3 is 2.58 bits per heavy atom. The number of rotatable bonds is 7. The molecule has 3 rings (SSSR count). The lowest BCUT2D eigenvalue weighted by molar-refractivity contribution is 0.153. The second-order valence-electron chi connectivity index (χ2n) is 7.37. The van der Waals surface area contributed by atoms with E-state index in [4.69, 9.17) is 9.26 Å². The van der Waals surface area contributed by atoms with Crippen LogP contribution in [0.2, 0.25) is 0 Å². The summed E-state index contributed by atoms with van der Waals surface area (Å²) in [6.07, 6.45) is 3.10. The van der Waals surface area contributed by atoms with Gasteiger partial charge in [0.15, 0.2) is 0 Å². The lowest BCUT2D eigenvalue weighted by atomic mass is 9.99. The summed E-state index contributed by atoms with van der Waals surface area (Å²) >= 11 is 0. The van der Waals surface area contributed by atoms with Crippen LogP contribution in [0.3, 0.4) is 0 Å². The van der Waals surface area contributed by atoms with E-state index >= 15 is 0 Å². The summed E-state index contributed by atoms with van der Waals surface area (Å²) in [7, 11) is 3.94. The maximum Gasteiger partial charge on any atom is 0.137 e. The minimum Gasteiger partial charge on any atom is -0.496 e. The zero-order valence-corrected chi connectivity index (χ0v) is 16.5. The van der Waals surface area contributed by atoms with Crippen molar-refractivity contribution in [1.29, 1.82) is 0 Å². The van der Waals surface area contributed by atoms with Crippen LogP contribution >= 0.6 is 0 Å². The normalized spacial score (nSPS) is 16.2. The Bertz CT molecular complexity index is 699. The second-order valence-corrected chi connectivity index (χ2v) is 7.37. The average molecular weight is 357 g/mol. The highest BCUT2D eigenvalue weighted by Crippen LogP contribution is 2.26. The molecule has 0 spiro atoms. The largest absolute Gasteiger partial charge is 0.496 e. The molecule has 1 aromatic heterocycles. The Hall–Kier alpha value is -1.85. The molecule has 142 valence electrons. The van der Waals surface area contributed by atoms with Crippen LogP contribution in [0, 0.1) is 13.8 Å². The van der Waals surface area contributed by atoms with Crippen LogP contribution < -0.4 is 4.74 Å². The molecule has 0 atom stereocenters. The molecule has 0 amide bonds. The predicted molar refractivity (Wildman–Crippen MR) is 104 cm³/mol. The van der Waals surface area contributed by atoms with E-state index < -0.39 is 0 Å². The van der Waals surface area contributed by atoms with Crippen molar-refractivity contribution in [3.05, 3.63) is 46.3 Å². The molecule has 2 heterocycles. The van der Waals surface area contributed by atoms with Crippen molar-refractivity contribution in [3.8, 4) is 5.75 Å². The first-order valence-corrected chi connectivity index (χ1v) is 9.55. The molecule has 26 heavy (non-hydrogen) atoms. The van der Waals surface area contributed by atoms with Gasteiger partial charge >= 0.3 is 0 Å². The van der Waals surface area contributed by atoms with Gasteiger partial charge in [-0.2, -0.15) is 0 Å². The third-order valence-corrected chi connectivity index (χ3v) is 5.43. The van der Waals surface area contributed by atoms with Crippen LogP contribution in [0.4, 0.5) is 0 Å². The summed E-state index contributed by atoms with van der Waals surface area (Å²) in [5, 5.41) is 4.07. The fourth-order valence-corrected chi connectivity index (χ4v) is 3.65. The van der Waals surface area contributed by atoms with E-state index in [2.05, 4.69) is 40.2 Å². The summed E-state index contributed by atoms with van der Waals surface area (Å²) in [5.74, 6) is 1.83. The van der Waals surface area contributed by atoms with E-state index in [9.17, 15) is 0 Å². The quantitative estimate of drug-likeness (QED) is 0.762. The average Bonchev–Trinajstić information content (AvgIpc) is 2.96. The topological polar surface area (TPSA) is 41.7 Å². The molecular formula is C21H31N3O2. The number of piperazine rings is 1. The highest BCUT2D eigenvalue weighted by Gasteiger charge is 2.15. The number of likely N-dealkylation sites (N-methyl/N-ethyl adjacent to an activating group) is 1. The first-order chi connectivity index (χ1) is 12.6. The summed E-state index contributed by atoms with van der Waals surface area (Å²) in [5.41, 5.74) is 4.71. The molecule has 1 aromatic carbocycles. The molecule has 2 aromatic rings. The van der Waals surface area contributed by atoms with Gasteiger partial charge in [0.05, 0.1) is 12.8 Å². The summed E-state index contributed by atoms with van der Waals surface area (Å²) in [6, 6.07) is 6.58. The van der Waals surface area contributed by atoms with Crippen LogP contribution in [-0.4, -0.2) is 61.8 Å². The molecule has 0 unspecified atom stereocenters. The van der Waals surface area contributed by atoms with Gasteiger partial charge in [-0.05, 0) is 57.5 Å². The lowest BCUT2D eigenvalue weighted by Crippen LogP contribution is -2.44. The smallest absolute Gasteiger partial charge is 0.137 e. The SMILES string of the molecule is COc1ccc(CCCN2CCN(C)CC2)cc1Cc1c(C)noc1C. The molecule has 0 saturated carbocycles. The Morgan fingerprint density at radius 1 is 1.15 bits per heavy atom. The summed E-state index contributed by atoms with van der Waals surface area (Å²) < 4.78 is 10.9. The Balaban J connectivity index is 1.62. The molecule has 0 aliphatic carbocycles. The van der Waals surface area contributed by atoms with E-state index in [1.807, 2.05) is 13.8 Å². The fourth-order valence-electron chi connectivity index (χ4n) is 3.65. The van der Waals surface area contributed by atoms with Crippen molar-refractivity contribution < 1.29 is 9.26 Å². The van der Waals surface area contributed by atoms with Crippen LogP contribution in [0.5, 0.6) is 5.75 Å². The van der Waals surface area contributed by atoms with Crippen molar-refractivity contribution >= 4 is 0 Å². The third kappa shape index (κ3) is 4.65. The van der Waals surface area contributed by atoms with Gasteiger partial charge in [0, 0.05) is 38.2 Å². The Morgan fingerprint density at radius 2 is 1.92 bits per heavy atom. The van der Waals surface area contributed by atoms with E-state index in [1.54, 1.807) is 7.11 Å².